The van der Waals surface area contributed by atoms with Crippen molar-refractivity contribution < 1.29 is 23.7 Å². The van der Waals surface area contributed by atoms with Gasteiger partial charge in [-0.1, -0.05) is 28.1 Å². The molecule has 2 aromatic carbocycles. The number of nitrogens with one attached hydrogen (secondary N) is 1. The summed E-state index contributed by atoms with van der Waals surface area (Å²) in [6, 6.07) is 14.5. The van der Waals surface area contributed by atoms with E-state index in [-0.39, 0.29) is 17.0 Å². The number of carbonyl (C=O) groups excluding carboxylic acids is 3. The minimum atomic E-state index is -0.855. The number of nitro groups is 1. The number of hydrogen-bond donors (Lipinski definition) is 1. The molecule has 2 heterocycles. The molecule has 1 aliphatic heterocycles. The highest BCUT2D eigenvalue weighted by Gasteiger charge is 2.37. The van der Waals surface area contributed by atoms with E-state index in [1.165, 1.54) is 30.3 Å². The van der Waals surface area contributed by atoms with E-state index in [0.29, 0.717) is 17.0 Å². The predicted molar refractivity (Wildman–Crippen MR) is 114 cm³/mol. The number of amides is 4. The second-order valence-electron chi connectivity index (χ2n) is 6.44. The first-order chi connectivity index (χ1) is 14.8. The molecule has 0 saturated carbocycles. The van der Waals surface area contributed by atoms with Gasteiger partial charge in [-0.25, -0.2) is 9.69 Å². The lowest BCUT2D eigenvalue weighted by Gasteiger charge is -2.26. The topological polar surface area (TPSA) is 123 Å². The number of furan rings is 1. The Labute approximate surface area is 183 Å². The zero-order chi connectivity index (χ0) is 22.1. The number of rotatable bonds is 4. The Bertz CT molecular complexity index is 1260. The zero-order valence-electron chi connectivity index (χ0n) is 15.6. The van der Waals surface area contributed by atoms with E-state index in [0.717, 1.165) is 9.37 Å². The van der Waals surface area contributed by atoms with Crippen molar-refractivity contribution in [2.24, 2.45) is 0 Å². The molecule has 4 rings (SSSR count). The molecule has 1 aromatic heterocycles. The van der Waals surface area contributed by atoms with Gasteiger partial charge in [0.25, 0.3) is 17.5 Å². The first-order valence-corrected chi connectivity index (χ1v) is 9.64. The van der Waals surface area contributed by atoms with Crippen molar-refractivity contribution in [3.05, 3.63) is 86.6 Å². The van der Waals surface area contributed by atoms with Crippen LogP contribution in [0.1, 0.15) is 5.76 Å². The van der Waals surface area contributed by atoms with Crippen LogP contribution < -0.4 is 10.2 Å². The molecule has 4 amide bonds. The summed E-state index contributed by atoms with van der Waals surface area (Å²) >= 11 is 3.28. The van der Waals surface area contributed by atoms with Gasteiger partial charge in [0.2, 0.25) is 0 Å². The monoisotopic (exact) mass is 481 g/mol. The van der Waals surface area contributed by atoms with Crippen molar-refractivity contribution in [2.75, 3.05) is 4.90 Å². The van der Waals surface area contributed by atoms with Gasteiger partial charge in [0.1, 0.15) is 17.1 Å². The fourth-order valence-corrected chi connectivity index (χ4v) is 3.25. The number of anilines is 1. The quantitative estimate of drug-likeness (QED) is 0.256. The number of hydrogen-bond acceptors (Lipinski definition) is 6. The van der Waals surface area contributed by atoms with Gasteiger partial charge in [0.15, 0.2) is 0 Å². The van der Waals surface area contributed by atoms with E-state index < -0.39 is 22.8 Å². The summed E-state index contributed by atoms with van der Waals surface area (Å²) in [5.41, 5.74) is 0.368. The molecule has 31 heavy (non-hydrogen) atoms. The van der Waals surface area contributed by atoms with Crippen LogP contribution in [0.3, 0.4) is 0 Å². The summed E-state index contributed by atoms with van der Waals surface area (Å²) in [5, 5.41) is 13.1. The van der Waals surface area contributed by atoms with Gasteiger partial charge in [0.05, 0.1) is 10.6 Å². The van der Waals surface area contributed by atoms with Crippen molar-refractivity contribution in [3.8, 4) is 11.3 Å². The number of barbiturate groups is 1. The largest absolute Gasteiger partial charge is 0.457 e. The smallest absolute Gasteiger partial charge is 0.335 e. The Balaban J connectivity index is 1.66. The van der Waals surface area contributed by atoms with E-state index >= 15 is 0 Å². The normalized spacial score (nSPS) is 15.3. The zero-order valence-corrected chi connectivity index (χ0v) is 17.2. The van der Waals surface area contributed by atoms with Crippen LogP contribution in [0.25, 0.3) is 17.4 Å². The predicted octanol–water partition coefficient (Wildman–Crippen LogP) is 4.28. The van der Waals surface area contributed by atoms with E-state index in [9.17, 15) is 24.5 Å². The maximum absolute atomic E-state index is 12.9. The Morgan fingerprint density at radius 1 is 1.03 bits per heavy atom. The highest BCUT2D eigenvalue weighted by molar-refractivity contribution is 9.10. The van der Waals surface area contributed by atoms with Crippen LogP contribution >= 0.6 is 15.9 Å². The van der Waals surface area contributed by atoms with E-state index in [4.69, 9.17) is 4.42 Å². The second kappa shape index (κ2) is 8.00. The summed E-state index contributed by atoms with van der Waals surface area (Å²) in [4.78, 5) is 48.7. The van der Waals surface area contributed by atoms with E-state index in [2.05, 4.69) is 21.2 Å². The lowest BCUT2D eigenvalue weighted by molar-refractivity contribution is -0.384. The van der Waals surface area contributed by atoms with E-state index in [1.807, 2.05) is 0 Å². The highest BCUT2D eigenvalue weighted by atomic mass is 79.9. The van der Waals surface area contributed by atoms with Crippen LogP contribution in [0.2, 0.25) is 0 Å². The molecule has 1 N–H and O–H groups in total. The molecule has 1 saturated heterocycles. The molecule has 0 atom stereocenters. The minimum Gasteiger partial charge on any atom is -0.457 e. The summed E-state index contributed by atoms with van der Waals surface area (Å²) in [6.07, 6.45) is 1.22. The molecule has 0 spiro atoms. The molecule has 0 unspecified atom stereocenters. The summed E-state index contributed by atoms with van der Waals surface area (Å²) < 4.78 is 6.41. The summed E-state index contributed by atoms with van der Waals surface area (Å²) in [7, 11) is 0. The third kappa shape index (κ3) is 4.01. The molecule has 154 valence electrons. The Morgan fingerprint density at radius 3 is 2.48 bits per heavy atom. The Kier molecular flexibility index (Phi) is 5.22. The molecule has 3 aromatic rings. The van der Waals surface area contributed by atoms with Crippen LogP contribution in [0.15, 0.2) is 75.1 Å². The summed E-state index contributed by atoms with van der Waals surface area (Å²) in [6.45, 7) is 0. The van der Waals surface area contributed by atoms with Crippen molar-refractivity contribution >= 4 is 51.2 Å². The van der Waals surface area contributed by atoms with Crippen molar-refractivity contribution in [2.45, 2.75) is 0 Å². The molecular weight excluding hydrogens is 470 g/mol. The van der Waals surface area contributed by atoms with Crippen LogP contribution in [-0.2, 0) is 9.59 Å². The number of benzene rings is 2. The number of imide groups is 2. The number of non-ortho nitro benzene ring substituents is 1. The lowest BCUT2D eigenvalue weighted by atomic mass is 10.1. The number of nitro benzene ring substituents is 1. The second-order valence-corrected chi connectivity index (χ2v) is 7.36. The van der Waals surface area contributed by atoms with Crippen molar-refractivity contribution in [1.29, 1.82) is 0 Å². The molecule has 1 aliphatic rings. The van der Waals surface area contributed by atoms with Crippen LogP contribution in [0, 0.1) is 10.1 Å². The average molecular weight is 482 g/mol. The molecule has 0 bridgehead atoms. The van der Waals surface area contributed by atoms with Crippen molar-refractivity contribution in [3.63, 3.8) is 0 Å². The molecule has 9 nitrogen and oxygen atoms in total. The highest BCUT2D eigenvalue weighted by Crippen LogP contribution is 2.28. The van der Waals surface area contributed by atoms with Gasteiger partial charge < -0.3 is 4.42 Å². The fraction of sp³-hybridized carbons (Fsp3) is 0. The molecule has 0 radical (unpaired) electrons. The minimum absolute atomic E-state index is 0.0979. The maximum atomic E-state index is 12.9. The van der Waals surface area contributed by atoms with Crippen LogP contribution in [-0.4, -0.2) is 22.8 Å². The molecule has 10 heteroatoms. The SMILES string of the molecule is O=C1NC(=O)N(c2ccc(Br)cc2)C(=O)/C1=C\c1ccc(-c2cccc([N+](=O)[O-])c2)o1. The average Bonchev–Trinajstić information content (AvgIpc) is 3.21. The fourth-order valence-electron chi connectivity index (χ4n) is 2.98. The Hall–Kier alpha value is -4.05. The lowest BCUT2D eigenvalue weighted by Crippen LogP contribution is -2.54. The Morgan fingerprint density at radius 2 is 1.77 bits per heavy atom. The molecular formula is C21H12BrN3O6. The number of nitrogens with zero attached hydrogens (tertiary/aromatic N) is 2. The van der Waals surface area contributed by atoms with E-state index in [1.54, 1.807) is 36.4 Å². The number of halogens is 1. The maximum Gasteiger partial charge on any atom is 0.335 e. The molecule has 0 aliphatic carbocycles. The third-order valence-corrected chi connectivity index (χ3v) is 4.97. The van der Waals surface area contributed by atoms with Gasteiger partial charge >= 0.3 is 6.03 Å². The number of carbonyl (C=O) groups is 3. The van der Waals surface area contributed by atoms with Gasteiger partial charge in [0, 0.05) is 22.2 Å². The van der Waals surface area contributed by atoms with Crippen molar-refractivity contribution in [1.82, 2.24) is 5.32 Å². The van der Waals surface area contributed by atoms with Gasteiger partial charge in [-0.05, 0) is 42.5 Å². The van der Waals surface area contributed by atoms with Crippen LogP contribution in [0.4, 0.5) is 16.2 Å². The van der Waals surface area contributed by atoms with Crippen LogP contribution in [0.5, 0.6) is 0 Å². The first kappa shape index (κ1) is 20.2. The van der Waals surface area contributed by atoms with Gasteiger partial charge in [-0.3, -0.25) is 25.0 Å². The van der Waals surface area contributed by atoms with Gasteiger partial charge in [-0.15, -0.1) is 0 Å². The number of urea groups is 1. The third-order valence-electron chi connectivity index (χ3n) is 4.44. The standard InChI is InChI=1S/C21H12BrN3O6/c22-13-4-6-14(7-5-13)24-20(27)17(19(26)23-21(24)28)11-16-8-9-18(31-16)12-2-1-3-15(10-12)25(29)30/h1-11H,(H,23,26,28)/b17-11-. The van der Waals surface area contributed by atoms with Gasteiger partial charge in [-0.2, -0.15) is 0 Å². The summed E-state index contributed by atoms with van der Waals surface area (Å²) in [5.74, 6) is -1.16. The molecule has 1 fully saturated rings. The first-order valence-electron chi connectivity index (χ1n) is 8.85.